The molecule has 2 atom stereocenters. The van der Waals surface area contributed by atoms with E-state index < -0.39 is 0 Å². The molecule has 0 radical (unpaired) electrons. The van der Waals surface area contributed by atoms with Crippen LogP contribution in [0.25, 0.3) is 0 Å². The van der Waals surface area contributed by atoms with Gasteiger partial charge in [0.05, 0.1) is 6.04 Å². The first kappa shape index (κ1) is 18.1. The lowest BCUT2D eigenvalue weighted by Gasteiger charge is -2.32. The molecule has 4 rings (SSSR count). The second-order valence-electron chi connectivity index (χ2n) is 9.47. The molecular weight excluding hydrogens is 332 g/mol. The fourth-order valence-corrected chi connectivity index (χ4v) is 4.80. The molecule has 1 amide bonds. The lowest BCUT2D eigenvalue weighted by Crippen LogP contribution is -2.27. The van der Waals surface area contributed by atoms with Gasteiger partial charge in [-0.25, -0.2) is 0 Å². The van der Waals surface area contributed by atoms with E-state index in [2.05, 4.69) is 81.2 Å². The van der Waals surface area contributed by atoms with Crippen molar-refractivity contribution in [2.24, 2.45) is 5.41 Å². The van der Waals surface area contributed by atoms with Gasteiger partial charge in [0.15, 0.2) is 0 Å². The molecule has 1 fully saturated rings. The van der Waals surface area contributed by atoms with Gasteiger partial charge in [0.1, 0.15) is 0 Å². The third-order valence-corrected chi connectivity index (χ3v) is 5.90. The lowest BCUT2D eigenvalue weighted by atomic mass is 9.92. The molecule has 2 aromatic carbocycles. The van der Waals surface area contributed by atoms with Crippen LogP contribution in [0.4, 0.5) is 11.4 Å². The van der Waals surface area contributed by atoms with E-state index in [1.165, 1.54) is 17.7 Å². The van der Waals surface area contributed by atoms with E-state index in [1.807, 2.05) is 0 Å². The summed E-state index contributed by atoms with van der Waals surface area (Å²) in [5, 5.41) is 3.14. The number of benzene rings is 2. The molecule has 0 saturated carbocycles. The smallest absolute Gasteiger partial charge is 0.224 e. The Hall–Kier alpha value is -2.29. The fraction of sp³-hybridized carbons (Fsp3) is 0.458. The van der Waals surface area contributed by atoms with Crippen LogP contribution < -0.4 is 10.2 Å². The zero-order valence-corrected chi connectivity index (χ0v) is 17.1. The van der Waals surface area contributed by atoms with Crippen LogP contribution in [0.5, 0.6) is 0 Å². The van der Waals surface area contributed by atoms with Gasteiger partial charge in [0, 0.05) is 30.3 Å². The number of nitrogens with one attached hydrogen (secondary N) is 1. The van der Waals surface area contributed by atoms with Gasteiger partial charge in [0.2, 0.25) is 5.91 Å². The molecule has 1 aliphatic heterocycles. The zero-order valence-electron chi connectivity index (χ0n) is 17.1. The summed E-state index contributed by atoms with van der Waals surface area (Å²) in [6.45, 7) is 11.6. The molecule has 0 unspecified atom stereocenters. The van der Waals surface area contributed by atoms with Gasteiger partial charge in [-0.1, -0.05) is 45.0 Å². The molecular formula is C24H30N2O. The van der Waals surface area contributed by atoms with Crippen molar-refractivity contribution in [3.63, 3.8) is 0 Å². The molecule has 3 heteroatoms. The first-order valence-corrected chi connectivity index (χ1v) is 9.99. The van der Waals surface area contributed by atoms with Crippen molar-refractivity contribution in [3.05, 3.63) is 58.7 Å². The van der Waals surface area contributed by atoms with Crippen molar-refractivity contribution in [1.29, 1.82) is 0 Å². The minimum Gasteiger partial charge on any atom is -0.364 e. The Balaban J connectivity index is 1.58. The van der Waals surface area contributed by atoms with Gasteiger partial charge in [-0.3, -0.25) is 4.79 Å². The van der Waals surface area contributed by atoms with Gasteiger partial charge in [-0.15, -0.1) is 0 Å². The highest BCUT2D eigenvalue weighted by Gasteiger charge is 2.42. The third-order valence-electron chi connectivity index (χ3n) is 5.90. The third kappa shape index (κ3) is 3.36. The highest BCUT2D eigenvalue weighted by atomic mass is 16.1. The molecule has 2 aromatic rings. The molecule has 2 aliphatic rings. The van der Waals surface area contributed by atoms with E-state index in [0.29, 0.717) is 18.4 Å². The first-order chi connectivity index (χ1) is 12.7. The molecule has 3 nitrogen and oxygen atoms in total. The number of hydrogen-bond acceptors (Lipinski definition) is 2. The van der Waals surface area contributed by atoms with Crippen molar-refractivity contribution in [2.75, 3.05) is 16.8 Å². The number of amides is 1. The van der Waals surface area contributed by atoms with Crippen LogP contribution in [0, 0.1) is 19.3 Å². The molecule has 1 heterocycles. The van der Waals surface area contributed by atoms with E-state index in [-0.39, 0.29) is 11.3 Å². The maximum absolute atomic E-state index is 12.4. The topological polar surface area (TPSA) is 32.3 Å². The largest absolute Gasteiger partial charge is 0.364 e. The number of nitrogens with zero attached hydrogens (tertiary/aromatic N) is 1. The maximum atomic E-state index is 12.4. The number of rotatable bonds is 3. The second-order valence-corrected chi connectivity index (χ2v) is 9.47. The Morgan fingerprint density at radius 1 is 1.11 bits per heavy atom. The maximum Gasteiger partial charge on any atom is 0.224 e. The summed E-state index contributed by atoms with van der Waals surface area (Å²) in [4.78, 5) is 14.9. The molecule has 1 saturated heterocycles. The molecule has 1 aliphatic carbocycles. The fourth-order valence-electron chi connectivity index (χ4n) is 4.80. The summed E-state index contributed by atoms with van der Waals surface area (Å²) in [7, 11) is 0. The molecule has 0 spiro atoms. The van der Waals surface area contributed by atoms with Gasteiger partial charge in [0.25, 0.3) is 0 Å². The number of aryl methyl sites for hydroxylation is 2. The SMILES string of the molecule is Cc1cc(N2C[C@@H]3C[C@@H]2c2ccccc23)cc(C)c1NC(=O)CC(C)(C)C. The van der Waals surface area contributed by atoms with Gasteiger partial charge >= 0.3 is 0 Å². The van der Waals surface area contributed by atoms with E-state index in [0.717, 1.165) is 23.4 Å². The highest BCUT2D eigenvalue weighted by Crippen LogP contribution is 2.51. The monoisotopic (exact) mass is 362 g/mol. The highest BCUT2D eigenvalue weighted by molar-refractivity contribution is 5.93. The molecule has 0 aromatic heterocycles. The second kappa shape index (κ2) is 6.40. The molecule has 2 bridgehead atoms. The summed E-state index contributed by atoms with van der Waals surface area (Å²) in [6, 6.07) is 13.9. The van der Waals surface area contributed by atoms with Gasteiger partial charge < -0.3 is 10.2 Å². The van der Waals surface area contributed by atoms with Crippen molar-refractivity contribution >= 4 is 17.3 Å². The number of fused-ring (bicyclic) bond motifs is 5. The van der Waals surface area contributed by atoms with Crippen molar-refractivity contribution in [2.45, 2.75) is 59.4 Å². The van der Waals surface area contributed by atoms with Gasteiger partial charge in [-0.2, -0.15) is 0 Å². The van der Waals surface area contributed by atoms with Crippen molar-refractivity contribution in [3.8, 4) is 0 Å². The standard InChI is InChI=1S/C24H30N2O/c1-15-10-18(11-16(2)23(15)25-22(27)13-24(3,4)5)26-14-17-12-21(26)20-9-7-6-8-19(17)20/h6-11,17,21H,12-14H2,1-5H3,(H,25,27)/t17-,21+/m0/s1. The van der Waals surface area contributed by atoms with Crippen LogP contribution in [0.1, 0.15) is 67.8 Å². The van der Waals surface area contributed by atoms with Crippen molar-refractivity contribution < 1.29 is 4.79 Å². The minimum absolute atomic E-state index is 0.00594. The summed E-state index contributed by atoms with van der Waals surface area (Å²) in [5.74, 6) is 0.744. The van der Waals surface area contributed by atoms with Crippen LogP contribution in [0.15, 0.2) is 36.4 Å². The normalized spacial score (nSPS) is 20.7. The van der Waals surface area contributed by atoms with Crippen LogP contribution >= 0.6 is 0 Å². The van der Waals surface area contributed by atoms with Crippen LogP contribution in [-0.4, -0.2) is 12.5 Å². The number of carbonyl (C=O) groups excluding carboxylic acids is 1. The Morgan fingerprint density at radius 3 is 2.37 bits per heavy atom. The molecule has 1 N–H and O–H groups in total. The number of hydrogen-bond donors (Lipinski definition) is 1. The lowest BCUT2D eigenvalue weighted by molar-refractivity contribution is -0.117. The van der Waals surface area contributed by atoms with E-state index >= 15 is 0 Å². The molecule has 27 heavy (non-hydrogen) atoms. The van der Waals surface area contributed by atoms with E-state index in [4.69, 9.17) is 0 Å². The summed E-state index contributed by atoms with van der Waals surface area (Å²) in [5.41, 5.74) is 7.56. The Kier molecular flexibility index (Phi) is 4.29. The number of anilines is 2. The quantitative estimate of drug-likeness (QED) is 0.756. The Morgan fingerprint density at radius 2 is 1.74 bits per heavy atom. The van der Waals surface area contributed by atoms with Crippen LogP contribution in [0.2, 0.25) is 0 Å². The first-order valence-electron chi connectivity index (χ1n) is 9.99. The number of carbonyl (C=O) groups is 1. The zero-order chi connectivity index (χ0) is 19.3. The minimum atomic E-state index is -0.00594. The molecule has 142 valence electrons. The summed E-state index contributed by atoms with van der Waals surface area (Å²) in [6.07, 6.45) is 1.75. The summed E-state index contributed by atoms with van der Waals surface area (Å²) < 4.78 is 0. The Labute approximate surface area is 162 Å². The van der Waals surface area contributed by atoms with Gasteiger partial charge in [-0.05, 0) is 60.1 Å². The Bertz CT molecular complexity index is 870. The van der Waals surface area contributed by atoms with Crippen LogP contribution in [-0.2, 0) is 4.79 Å². The summed E-state index contributed by atoms with van der Waals surface area (Å²) >= 11 is 0. The van der Waals surface area contributed by atoms with Crippen LogP contribution in [0.3, 0.4) is 0 Å². The van der Waals surface area contributed by atoms with E-state index in [9.17, 15) is 4.79 Å². The average Bonchev–Trinajstić information content (AvgIpc) is 3.16. The predicted octanol–water partition coefficient (Wildman–Crippen LogP) is 5.73. The van der Waals surface area contributed by atoms with Crippen molar-refractivity contribution in [1.82, 2.24) is 0 Å². The predicted molar refractivity (Wildman–Crippen MR) is 113 cm³/mol. The van der Waals surface area contributed by atoms with E-state index in [1.54, 1.807) is 5.56 Å². The average molecular weight is 363 g/mol.